The van der Waals surface area contributed by atoms with Crippen LogP contribution >= 0.6 is 0 Å². The summed E-state index contributed by atoms with van der Waals surface area (Å²) in [6.45, 7) is 4.99. The summed E-state index contributed by atoms with van der Waals surface area (Å²) in [6.07, 6.45) is -5.38. The summed E-state index contributed by atoms with van der Waals surface area (Å²) in [4.78, 5) is 15.1. The van der Waals surface area contributed by atoms with Gasteiger partial charge in [0.2, 0.25) is 0 Å². The number of nitrogens with zero attached hydrogens (tertiary/aromatic N) is 2. The van der Waals surface area contributed by atoms with Crippen molar-refractivity contribution in [3.63, 3.8) is 0 Å². The molecule has 5 nitrogen and oxygen atoms in total. The fourth-order valence-electron chi connectivity index (χ4n) is 2.15. The molecule has 136 valence electrons. The lowest BCUT2D eigenvalue weighted by Gasteiger charge is -2.29. The summed E-state index contributed by atoms with van der Waals surface area (Å²) in [5.41, 5.74) is -0.845. The number of nitrogens with one attached hydrogen (secondary N) is 1. The van der Waals surface area contributed by atoms with Gasteiger partial charge in [-0.3, -0.25) is 0 Å². The Morgan fingerprint density at radius 3 is 2.25 bits per heavy atom. The minimum atomic E-state index is -4.60. The third-order valence-corrected chi connectivity index (χ3v) is 3.41. The van der Waals surface area contributed by atoms with Crippen molar-refractivity contribution in [2.45, 2.75) is 39.1 Å². The van der Waals surface area contributed by atoms with Crippen LogP contribution in [0, 0.1) is 0 Å². The number of benzene rings is 1. The summed E-state index contributed by atoms with van der Waals surface area (Å²) >= 11 is 0. The van der Waals surface area contributed by atoms with Crippen molar-refractivity contribution >= 4 is 17.4 Å². The number of rotatable bonds is 5. The van der Waals surface area contributed by atoms with Crippen LogP contribution in [0.4, 0.5) is 29.3 Å². The van der Waals surface area contributed by atoms with E-state index in [2.05, 4.69) is 5.32 Å². The topological polar surface area (TPSA) is 55.8 Å². The smallest absolute Gasteiger partial charge is 0.392 e. The van der Waals surface area contributed by atoms with Crippen molar-refractivity contribution in [2.24, 2.45) is 0 Å². The molecule has 0 heterocycles. The highest BCUT2D eigenvalue weighted by Gasteiger charge is 2.35. The number of aliphatic hydroxyl groups is 1. The molecule has 0 aliphatic heterocycles. The zero-order chi connectivity index (χ0) is 18.7. The number of hydrogen-bond acceptors (Lipinski definition) is 3. The van der Waals surface area contributed by atoms with E-state index in [1.54, 1.807) is 32.8 Å². The molecular formula is C16H24F3N3O2. The minimum Gasteiger partial charge on any atom is -0.392 e. The predicted octanol–water partition coefficient (Wildman–Crippen LogP) is 3.39. The summed E-state index contributed by atoms with van der Waals surface area (Å²) < 4.78 is 39.9. The average Bonchev–Trinajstić information content (AvgIpc) is 2.43. The van der Waals surface area contributed by atoms with Gasteiger partial charge in [0.25, 0.3) is 0 Å². The van der Waals surface area contributed by atoms with Crippen molar-refractivity contribution in [1.29, 1.82) is 0 Å². The van der Waals surface area contributed by atoms with Gasteiger partial charge < -0.3 is 20.2 Å². The SMILES string of the molecule is CC(O)CN(C(=O)Nc1ccc(N(C)C)cc1C(F)(F)F)C(C)C. The Balaban J connectivity index is 3.15. The van der Waals surface area contributed by atoms with Gasteiger partial charge in [-0.15, -0.1) is 0 Å². The van der Waals surface area contributed by atoms with E-state index in [0.717, 1.165) is 6.07 Å². The molecule has 0 spiro atoms. The molecule has 0 saturated carbocycles. The van der Waals surface area contributed by atoms with Gasteiger partial charge in [0.1, 0.15) is 0 Å². The largest absolute Gasteiger partial charge is 0.418 e. The molecule has 1 aromatic rings. The molecule has 0 bridgehead atoms. The number of carbonyl (C=O) groups excluding carboxylic acids is 1. The Bertz CT molecular complexity index is 572. The van der Waals surface area contributed by atoms with Crippen LogP contribution in [0.1, 0.15) is 26.3 Å². The van der Waals surface area contributed by atoms with E-state index in [4.69, 9.17) is 0 Å². The van der Waals surface area contributed by atoms with E-state index >= 15 is 0 Å². The Morgan fingerprint density at radius 1 is 1.25 bits per heavy atom. The molecule has 0 aliphatic rings. The highest BCUT2D eigenvalue weighted by molar-refractivity contribution is 5.91. The Kier molecular flexibility index (Phi) is 6.48. The maximum Gasteiger partial charge on any atom is 0.418 e. The van der Waals surface area contributed by atoms with Gasteiger partial charge in [-0.1, -0.05) is 0 Å². The second kappa shape index (κ2) is 7.74. The average molecular weight is 347 g/mol. The highest BCUT2D eigenvalue weighted by Crippen LogP contribution is 2.37. The van der Waals surface area contributed by atoms with E-state index in [9.17, 15) is 23.1 Å². The molecule has 1 unspecified atom stereocenters. The molecule has 1 atom stereocenters. The molecule has 0 aliphatic carbocycles. The highest BCUT2D eigenvalue weighted by atomic mass is 19.4. The molecule has 1 rings (SSSR count). The molecule has 0 saturated heterocycles. The normalized spacial score (nSPS) is 12.9. The van der Waals surface area contributed by atoms with E-state index in [0.29, 0.717) is 5.69 Å². The van der Waals surface area contributed by atoms with Gasteiger partial charge in [0.05, 0.1) is 17.4 Å². The first-order valence-electron chi connectivity index (χ1n) is 7.57. The summed E-state index contributed by atoms with van der Waals surface area (Å²) in [5, 5.41) is 11.8. The number of carbonyl (C=O) groups is 1. The van der Waals surface area contributed by atoms with Crippen LogP contribution in [-0.4, -0.2) is 48.8 Å². The first-order valence-corrected chi connectivity index (χ1v) is 7.57. The third-order valence-electron chi connectivity index (χ3n) is 3.41. The monoisotopic (exact) mass is 347 g/mol. The van der Waals surface area contributed by atoms with E-state index < -0.39 is 23.9 Å². The lowest BCUT2D eigenvalue weighted by atomic mass is 10.1. The zero-order valence-corrected chi connectivity index (χ0v) is 14.5. The second-order valence-electron chi connectivity index (χ2n) is 6.15. The summed E-state index contributed by atoms with van der Waals surface area (Å²) in [5.74, 6) is 0. The molecular weight excluding hydrogens is 323 g/mol. The second-order valence-corrected chi connectivity index (χ2v) is 6.15. The van der Waals surface area contributed by atoms with Gasteiger partial charge in [0.15, 0.2) is 0 Å². The Labute approximate surface area is 140 Å². The van der Waals surface area contributed by atoms with E-state index in [1.165, 1.54) is 24.0 Å². The number of aliphatic hydroxyl groups excluding tert-OH is 1. The minimum absolute atomic E-state index is 0.0284. The van der Waals surface area contributed by atoms with Crippen LogP contribution in [0.3, 0.4) is 0 Å². The lowest BCUT2D eigenvalue weighted by Crippen LogP contribution is -2.44. The maximum atomic E-state index is 13.3. The predicted molar refractivity (Wildman–Crippen MR) is 88.3 cm³/mol. The van der Waals surface area contributed by atoms with Crippen molar-refractivity contribution < 1.29 is 23.1 Å². The van der Waals surface area contributed by atoms with Crippen LogP contribution in [0.15, 0.2) is 18.2 Å². The van der Waals surface area contributed by atoms with E-state index in [1.807, 2.05) is 0 Å². The quantitative estimate of drug-likeness (QED) is 0.858. The Morgan fingerprint density at radius 2 is 1.83 bits per heavy atom. The van der Waals surface area contributed by atoms with Gasteiger partial charge in [-0.05, 0) is 39.0 Å². The van der Waals surface area contributed by atoms with Crippen LogP contribution in [-0.2, 0) is 6.18 Å². The number of urea groups is 1. The van der Waals surface area contributed by atoms with Crippen LogP contribution in [0.25, 0.3) is 0 Å². The molecule has 0 aromatic heterocycles. The van der Waals surface area contributed by atoms with Crippen molar-refractivity contribution in [2.75, 3.05) is 30.9 Å². The van der Waals surface area contributed by atoms with E-state index in [-0.39, 0.29) is 18.3 Å². The lowest BCUT2D eigenvalue weighted by molar-refractivity contribution is -0.136. The Hall–Kier alpha value is -1.96. The molecule has 24 heavy (non-hydrogen) atoms. The van der Waals surface area contributed by atoms with Crippen LogP contribution in [0.5, 0.6) is 0 Å². The first kappa shape index (κ1) is 20.1. The standard InChI is InChI=1S/C16H24F3N3O2/c1-10(2)22(9-11(3)23)15(24)20-14-7-6-12(21(4)5)8-13(14)16(17,18)19/h6-8,10-11,23H,9H2,1-5H3,(H,20,24). The zero-order valence-electron chi connectivity index (χ0n) is 14.5. The fraction of sp³-hybridized carbons (Fsp3) is 0.562. The molecule has 2 N–H and O–H groups in total. The molecule has 0 fully saturated rings. The van der Waals surface area contributed by atoms with Crippen molar-refractivity contribution in [3.8, 4) is 0 Å². The molecule has 0 radical (unpaired) electrons. The summed E-state index contributed by atoms with van der Waals surface area (Å²) in [6, 6.07) is 2.77. The number of alkyl halides is 3. The van der Waals surface area contributed by atoms with Gasteiger partial charge in [-0.25, -0.2) is 4.79 Å². The van der Waals surface area contributed by atoms with Crippen LogP contribution < -0.4 is 10.2 Å². The van der Waals surface area contributed by atoms with Gasteiger partial charge in [0, 0.05) is 32.4 Å². The number of halogens is 3. The summed E-state index contributed by atoms with van der Waals surface area (Å²) in [7, 11) is 3.27. The number of hydrogen-bond donors (Lipinski definition) is 2. The molecule has 1 aromatic carbocycles. The fourth-order valence-corrected chi connectivity index (χ4v) is 2.15. The van der Waals surface area contributed by atoms with Gasteiger partial charge >= 0.3 is 12.2 Å². The van der Waals surface area contributed by atoms with Crippen molar-refractivity contribution in [1.82, 2.24) is 4.90 Å². The first-order chi connectivity index (χ1) is 10.9. The molecule has 8 heteroatoms. The molecule has 2 amide bonds. The van der Waals surface area contributed by atoms with Crippen LogP contribution in [0.2, 0.25) is 0 Å². The van der Waals surface area contributed by atoms with Crippen molar-refractivity contribution in [3.05, 3.63) is 23.8 Å². The number of anilines is 2. The van der Waals surface area contributed by atoms with Gasteiger partial charge in [-0.2, -0.15) is 13.2 Å². The third kappa shape index (κ3) is 5.30. The maximum absolute atomic E-state index is 13.3. The number of amides is 2.